The minimum absolute atomic E-state index is 0.108. The zero-order chi connectivity index (χ0) is 15.6. The second kappa shape index (κ2) is 5.83. The van der Waals surface area contributed by atoms with Crippen LogP contribution in [0.1, 0.15) is 30.9 Å². The molecule has 1 aromatic heterocycles. The highest BCUT2D eigenvalue weighted by atomic mass is 16.5. The van der Waals surface area contributed by atoms with Gasteiger partial charge in [0, 0.05) is 19.0 Å². The molecule has 2 aromatic rings. The first kappa shape index (κ1) is 15.2. The number of ether oxygens (including phenoxy) is 1. The highest BCUT2D eigenvalue weighted by Crippen LogP contribution is 2.26. The average Bonchev–Trinajstić information content (AvgIpc) is 2.91. The van der Waals surface area contributed by atoms with E-state index in [0.29, 0.717) is 19.0 Å². The number of benzene rings is 1. The van der Waals surface area contributed by atoms with Gasteiger partial charge in [0.1, 0.15) is 5.60 Å². The lowest BCUT2D eigenvalue weighted by Crippen LogP contribution is -2.61. The van der Waals surface area contributed by atoms with Gasteiger partial charge in [-0.25, -0.2) is 0 Å². The SMILES string of the molecule is CC(C)(O)c1cc(CC2(NCc3ccccc3)COC2)no1. The number of hydrogen-bond acceptors (Lipinski definition) is 5. The van der Waals surface area contributed by atoms with E-state index >= 15 is 0 Å². The van der Waals surface area contributed by atoms with Gasteiger partial charge >= 0.3 is 0 Å². The molecule has 0 aliphatic carbocycles. The Kier molecular flexibility index (Phi) is 4.04. The molecule has 0 saturated carbocycles. The highest BCUT2D eigenvalue weighted by molar-refractivity contribution is 5.18. The Morgan fingerprint density at radius 1 is 1.27 bits per heavy atom. The molecule has 5 heteroatoms. The zero-order valence-corrected chi connectivity index (χ0v) is 13.0. The molecule has 0 atom stereocenters. The number of nitrogens with zero attached hydrogens (tertiary/aromatic N) is 1. The van der Waals surface area contributed by atoms with Crippen LogP contribution in [-0.2, 0) is 23.3 Å². The smallest absolute Gasteiger partial charge is 0.167 e. The Bertz CT molecular complexity index is 612. The number of aliphatic hydroxyl groups is 1. The van der Waals surface area contributed by atoms with Crippen molar-refractivity contribution < 1.29 is 14.4 Å². The average molecular weight is 302 g/mol. The van der Waals surface area contributed by atoms with Crippen LogP contribution < -0.4 is 5.32 Å². The fraction of sp³-hybridized carbons (Fsp3) is 0.471. The second-order valence-corrected chi connectivity index (χ2v) is 6.53. The van der Waals surface area contributed by atoms with Gasteiger partial charge < -0.3 is 19.7 Å². The summed E-state index contributed by atoms with van der Waals surface area (Å²) in [5.74, 6) is 0.487. The van der Waals surface area contributed by atoms with E-state index in [0.717, 1.165) is 18.7 Å². The van der Waals surface area contributed by atoms with Crippen LogP contribution >= 0.6 is 0 Å². The highest BCUT2D eigenvalue weighted by Gasteiger charge is 2.39. The maximum absolute atomic E-state index is 9.95. The van der Waals surface area contributed by atoms with E-state index in [4.69, 9.17) is 9.26 Å². The molecule has 2 N–H and O–H groups in total. The Morgan fingerprint density at radius 2 is 2.00 bits per heavy atom. The van der Waals surface area contributed by atoms with E-state index in [9.17, 15) is 5.11 Å². The fourth-order valence-corrected chi connectivity index (χ4v) is 2.53. The van der Waals surface area contributed by atoms with Gasteiger partial charge in [-0.1, -0.05) is 35.5 Å². The lowest BCUT2D eigenvalue weighted by atomic mass is 9.90. The van der Waals surface area contributed by atoms with Crippen molar-refractivity contribution >= 4 is 0 Å². The molecular weight excluding hydrogens is 280 g/mol. The molecule has 0 radical (unpaired) electrons. The molecule has 0 amide bonds. The summed E-state index contributed by atoms with van der Waals surface area (Å²) in [6.07, 6.45) is 0.722. The van der Waals surface area contributed by atoms with Crippen LogP contribution in [0.4, 0.5) is 0 Å². The maximum Gasteiger partial charge on any atom is 0.167 e. The number of aromatic nitrogens is 1. The normalized spacial score (nSPS) is 17.2. The maximum atomic E-state index is 9.95. The number of hydrogen-bond donors (Lipinski definition) is 2. The van der Waals surface area contributed by atoms with Crippen LogP contribution in [0.25, 0.3) is 0 Å². The summed E-state index contributed by atoms with van der Waals surface area (Å²) in [5.41, 5.74) is 0.961. The minimum atomic E-state index is -1.01. The van der Waals surface area contributed by atoms with Crippen molar-refractivity contribution in [3.8, 4) is 0 Å². The summed E-state index contributed by atoms with van der Waals surface area (Å²) in [4.78, 5) is 0. The van der Waals surface area contributed by atoms with Gasteiger partial charge in [0.2, 0.25) is 0 Å². The van der Waals surface area contributed by atoms with Crippen LogP contribution in [0.3, 0.4) is 0 Å². The first-order valence-electron chi connectivity index (χ1n) is 7.52. The van der Waals surface area contributed by atoms with Crippen molar-refractivity contribution in [2.24, 2.45) is 0 Å². The third kappa shape index (κ3) is 3.38. The molecule has 0 bridgehead atoms. The molecule has 3 rings (SSSR count). The Hall–Kier alpha value is -1.69. The van der Waals surface area contributed by atoms with E-state index in [1.165, 1.54) is 5.56 Å². The van der Waals surface area contributed by atoms with Crippen LogP contribution in [-0.4, -0.2) is 29.0 Å². The number of rotatable bonds is 6. The van der Waals surface area contributed by atoms with Crippen molar-refractivity contribution in [3.05, 3.63) is 53.4 Å². The summed E-state index contributed by atoms with van der Waals surface area (Å²) >= 11 is 0. The van der Waals surface area contributed by atoms with Gasteiger partial charge in [0.25, 0.3) is 0 Å². The molecule has 0 unspecified atom stereocenters. The van der Waals surface area contributed by atoms with E-state index < -0.39 is 5.60 Å². The van der Waals surface area contributed by atoms with Gasteiger partial charge in [-0.2, -0.15) is 0 Å². The van der Waals surface area contributed by atoms with Gasteiger partial charge in [-0.15, -0.1) is 0 Å². The third-order valence-electron chi connectivity index (χ3n) is 3.95. The summed E-state index contributed by atoms with van der Waals surface area (Å²) in [6, 6.07) is 12.1. The van der Waals surface area contributed by atoms with Crippen LogP contribution in [0.5, 0.6) is 0 Å². The second-order valence-electron chi connectivity index (χ2n) is 6.53. The molecule has 1 aliphatic rings. The van der Waals surface area contributed by atoms with Gasteiger partial charge in [-0.3, -0.25) is 0 Å². The summed E-state index contributed by atoms with van der Waals surface area (Å²) in [5, 5.41) is 17.6. The molecule has 2 heterocycles. The van der Waals surface area contributed by atoms with Crippen molar-refractivity contribution in [2.45, 2.75) is 38.0 Å². The Morgan fingerprint density at radius 3 is 2.55 bits per heavy atom. The van der Waals surface area contributed by atoms with E-state index in [-0.39, 0.29) is 5.54 Å². The van der Waals surface area contributed by atoms with Gasteiger partial charge in [-0.05, 0) is 19.4 Å². The van der Waals surface area contributed by atoms with Crippen molar-refractivity contribution in [1.29, 1.82) is 0 Å². The molecule has 22 heavy (non-hydrogen) atoms. The predicted octanol–water partition coefficient (Wildman–Crippen LogP) is 2.00. The topological polar surface area (TPSA) is 67.5 Å². The van der Waals surface area contributed by atoms with Crippen LogP contribution in [0.2, 0.25) is 0 Å². The van der Waals surface area contributed by atoms with Gasteiger partial charge in [0.15, 0.2) is 5.76 Å². The largest absolute Gasteiger partial charge is 0.382 e. The van der Waals surface area contributed by atoms with Crippen molar-refractivity contribution in [3.63, 3.8) is 0 Å². The molecular formula is C17H22N2O3. The molecule has 1 saturated heterocycles. The first-order valence-corrected chi connectivity index (χ1v) is 7.52. The summed E-state index contributed by atoms with van der Waals surface area (Å²) in [6.45, 7) is 5.48. The summed E-state index contributed by atoms with van der Waals surface area (Å²) < 4.78 is 10.6. The molecule has 1 aromatic carbocycles. The van der Waals surface area contributed by atoms with Gasteiger partial charge in [0.05, 0.1) is 24.4 Å². The molecule has 1 aliphatic heterocycles. The lowest BCUT2D eigenvalue weighted by molar-refractivity contribution is -0.0755. The summed E-state index contributed by atoms with van der Waals surface area (Å²) in [7, 11) is 0. The van der Waals surface area contributed by atoms with E-state index in [1.807, 2.05) is 24.3 Å². The predicted molar refractivity (Wildman–Crippen MR) is 82.3 cm³/mol. The Balaban J connectivity index is 1.65. The molecule has 0 spiro atoms. The molecule has 5 nitrogen and oxygen atoms in total. The lowest BCUT2D eigenvalue weighted by Gasteiger charge is -2.42. The standard InChI is InChI=1S/C17H22N2O3/c1-16(2,20)15-8-14(19-22-15)9-17(11-21-12-17)18-10-13-6-4-3-5-7-13/h3-8,18,20H,9-12H2,1-2H3. The van der Waals surface area contributed by atoms with Crippen molar-refractivity contribution in [2.75, 3.05) is 13.2 Å². The quantitative estimate of drug-likeness (QED) is 0.854. The van der Waals surface area contributed by atoms with Crippen molar-refractivity contribution in [1.82, 2.24) is 10.5 Å². The molecule has 118 valence electrons. The Labute approximate surface area is 130 Å². The number of nitrogens with one attached hydrogen (secondary N) is 1. The first-order chi connectivity index (χ1) is 10.5. The third-order valence-corrected chi connectivity index (χ3v) is 3.95. The van der Waals surface area contributed by atoms with E-state index in [1.54, 1.807) is 13.8 Å². The van der Waals surface area contributed by atoms with Crippen LogP contribution in [0.15, 0.2) is 40.9 Å². The van der Waals surface area contributed by atoms with E-state index in [2.05, 4.69) is 22.6 Å². The van der Waals surface area contributed by atoms with Crippen LogP contribution in [0, 0.1) is 0 Å². The zero-order valence-electron chi connectivity index (χ0n) is 13.0. The monoisotopic (exact) mass is 302 g/mol. The molecule has 1 fully saturated rings. The fourth-order valence-electron chi connectivity index (χ4n) is 2.53. The minimum Gasteiger partial charge on any atom is -0.382 e.